The zero-order valence-electron chi connectivity index (χ0n) is 8.37. The minimum Gasteiger partial charge on any atom is -0.393 e. The van der Waals surface area contributed by atoms with Crippen LogP contribution in [0.4, 0.5) is 0 Å². The van der Waals surface area contributed by atoms with Gasteiger partial charge in [-0.15, -0.1) is 0 Å². The lowest BCUT2D eigenvalue weighted by Gasteiger charge is -2.10. The second kappa shape index (κ2) is 6.35. The summed E-state index contributed by atoms with van der Waals surface area (Å²) in [5, 5.41) is 9.23. The van der Waals surface area contributed by atoms with Gasteiger partial charge in [-0.25, -0.2) is 0 Å². The van der Waals surface area contributed by atoms with E-state index in [1.807, 2.05) is 0 Å². The summed E-state index contributed by atoms with van der Waals surface area (Å²) in [6, 6.07) is 0. The second-order valence-electron chi connectivity index (χ2n) is 3.57. The molecule has 0 aromatic carbocycles. The summed E-state index contributed by atoms with van der Waals surface area (Å²) in [5.74, 6) is 0. The van der Waals surface area contributed by atoms with Gasteiger partial charge in [-0.2, -0.15) is 0 Å². The number of aliphatic hydroxyl groups is 1. The Morgan fingerprint density at radius 1 is 1.23 bits per heavy atom. The van der Waals surface area contributed by atoms with Gasteiger partial charge in [0.05, 0.1) is 25.4 Å². The van der Waals surface area contributed by atoms with E-state index in [0.29, 0.717) is 13.2 Å². The van der Waals surface area contributed by atoms with Crippen LogP contribution >= 0.6 is 0 Å². The smallest absolute Gasteiger partial charge is 0.0704 e. The van der Waals surface area contributed by atoms with Gasteiger partial charge in [0, 0.05) is 6.61 Å². The summed E-state index contributed by atoms with van der Waals surface area (Å²) in [7, 11) is 0. The van der Waals surface area contributed by atoms with Gasteiger partial charge in [0.1, 0.15) is 0 Å². The first-order valence-corrected chi connectivity index (χ1v) is 5.20. The van der Waals surface area contributed by atoms with E-state index in [0.717, 1.165) is 32.3 Å². The average molecular weight is 188 g/mol. The number of hydrogen-bond acceptors (Lipinski definition) is 3. The van der Waals surface area contributed by atoms with E-state index in [9.17, 15) is 5.11 Å². The van der Waals surface area contributed by atoms with Crippen molar-refractivity contribution in [1.82, 2.24) is 0 Å². The van der Waals surface area contributed by atoms with Crippen LogP contribution in [0.5, 0.6) is 0 Å². The topological polar surface area (TPSA) is 38.7 Å². The van der Waals surface area contributed by atoms with Crippen molar-refractivity contribution in [2.75, 3.05) is 19.8 Å². The lowest BCUT2D eigenvalue weighted by molar-refractivity contribution is 0.00301. The van der Waals surface area contributed by atoms with Gasteiger partial charge in [-0.1, -0.05) is 6.92 Å². The molecule has 0 heterocycles. The van der Waals surface area contributed by atoms with Gasteiger partial charge in [0.2, 0.25) is 0 Å². The first kappa shape index (κ1) is 11.0. The fourth-order valence-corrected chi connectivity index (χ4v) is 1.59. The zero-order chi connectivity index (χ0) is 9.52. The van der Waals surface area contributed by atoms with Crippen molar-refractivity contribution in [2.24, 2.45) is 0 Å². The Hall–Kier alpha value is -0.120. The molecule has 0 saturated heterocycles. The third kappa shape index (κ3) is 4.60. The molecule has 1 saturated carbocycles. The molecule has 0 amide bonds. The molecule has 2 unspecified atom stereocenters. The number of aliphatic hydroxyl groups excluding tert-OH is 1. The molecule has 0 aliphatic heterocycles. The van der Waals surface area contributed by atoms with Gasteiger partial charge >= 0.3 is 0 Å². The van der Waals surface area contributed by atoms with Crippen molar-refractivity contribution >= 4 is 0 Å². The van der Waals surface area contributed by atoms with Crippen LogP contribution < -0.4 is 0 Å². The Balaban J connectivity index is 1.88. The van der Waals surface area contributed by atoms with E-state index >= 15 is 0 Å². The summed E-state index contributed by atoms with van der Waals surface area (Å²) in [5.41, 5.74) is 0. The zero-order valence-corrected chi connectivity index (χ0v) is 8.37. The Labute approximate surface area is 80.0 Å². The van der Waals surface area contributed by atoms with Crippen molar-refractivity contribution < 1.29 is 14.6 Å². The predicted octanol–water partition coefficient (Wildman–Crippen LogP) is 1.34. The standard InChI is InChI=1S/C10H20O3/c1-2-5-12-6-7-13-10-4-3-9(11)8-10/h9-11H,2-8H2,1H3. The van der Waals surface area contributed by atoms with Crippen molar-refractivity contribution in [3.05, 3.63) is 0 Å². The van der Waals surface area contributed by atoms with Gasteiger partial charge in [0.25, 0.3) is 0 Å². The van der Waals surface area contributed by atoms with Gasteiger partial charge in [0.15, 0.2) is 0 Å². The number of ether oxygens (including phenoxy) is 2. The van der Waals surface area contributed by atoms with E-state index in [4.69, 9.17) is 9.47 Å². The van der Waals surface area contributed by atoms with Gasteiger partial charge < -0.3 is 14.6 Å². The lowest BCUT2D eigenvalue weighted by atomic mass is 10.3. The highest BCUT2D eigenvalue weighted by Gasteiger charge is 2.22. The summed E-state index contributed by atoms with van der Waals surface area (Å²) in [6.45, 7) is 4.25. The molecule has 3 nitrogen and oxygen atoms in total. The molecule has 0 aromatic rings. The third-order valence-corrected chi connectivity index (χ3v) is 2.29. The molecule has 0 radical (unpaired) electrons. The van der Waals surface area contributed by atoms with Gasteiger partial charge in [-0.05, 0) is 25.7 Å². The van der Waals surface area contributed by atoms with Crippen LogP contribution in [-0.2, 0) is 9.47 Å². The second-order valence-corrected chi connectivity index (χ2v) is 3.57. The van der Waals surface area contributed by atoms with E-state index in [1.165, 1.54) is 0 Å². The maximum atomic E-state index is 9.23. The molecule has 3 heteroatoms. The molecule has 0 aromatic heterocycles. The van der Waals surface area contributed by atoms with E-state index in [2.05, 4.69) is 6.92 Å². The van der Waals surface area contributed by atoms with E-state index < -0.39 is 0 Å². The molecule has 0 spiro atoms. The molecule has 1 aliphatic carbocycles. The monoisotopic (exact) mass is 188 g/mol. The van der Waals surface area contributed by atoms with Crippen molar-refractivity contribution in [3.8, 4) is 0 Å². The summed E-state index contributed by atoms with van der Waals surface area (Å²) < 4.78 is 10.8. The van der Waals surface area contributed by atoms with Crippen molar-refractivity contribution in [2.45, 2.75) is 44.8 Å². The van der Waals surface area contributed by atoms with Crippen molar-refractivity contribution in [1.29, 1.82) is 0 Å². The van der Waals surface area contributed by atoms with Crippen molar-refractivity contribution in [3.63, 3.8) is 0 Å². The van der Waals surface area contributed by atoms with E-state index in [-0.39, 0.29) is 12.2 Å². The molecule has 0 bridgehead atoms. The van der Waals surface area contributed by atoms with Crippen LogP contribution in [0.25, 0.3) is 0 Å². The highest BCUT2D eigenvalue weighted by Crippen LogP contribution is 2.21. The lowest BCUT2D eigenvalue weighted by Crippen LogP contribution is -2.14. The first-order valence-electron chi connectivity index (χ1n) is 5.20. The Morgan fingerprint density at radius 3 is 2.69 bits per heavy atom. The predicted molar refractivity (Wildman–Crippen MR) is 50.7 cm³/mol. The molecule has 78 valence electrons. The highest BCUT2D eigenvalue weighted by molar-refractivity contribution is 4.74. The quantitative estimate of drug-likeness (QED) is 0.639. The maximum Gasteiger partial charge on any atom is 0.0704 e. The number of rotatable bonds is 6. The minimum absolute atomic E-state index is 0.137. The van der Waals surface area contributed by atoms with Crippen LogP contribution in [-0.4, -0.2) is 37.1 Å². The molecule has 2 atom stereocenters. The molecular weight excluding hydrogens is 168 g/mol. The Morgan fingerprint density at radius 2 is 2.08 bits per heavy atom. The highest BCUT2D eigenvalue weighted by atomic mass is 16.5. The SMILES string of the molecule is CCCOCCOC1CCC(O)C1. The van der Waals surface area contributed by atoms with Gasteiger partial charge in [-0.3, -0.25) is 0 Å². The average Bonchev–Trinajstić information content (AvgIpc) is 2.51. The summed E-state index contributed by atoms with van der Waals surface area (Å²) in [6.07, 6.45) is 3.87. The van der Waals surface area contributed by atoms with E-state index in [1.54, 1.807) is 0 Å². The van der Waals surface area contributed by atoms with Crippen LogP contribution in [0, 0.1) is 0 Å². The minimum atomic E-state index is -0.137. The molecule has 1 N–H and O–H groups in total. The van der Waals surface area contributed by atoms with Crippen LogP contribution in [0.3, 0.4) is 0 Å². The largest absolute Gasteiger partial charge is 0.393 e. The van der Waals surface area contributed by atoms with Crippen LogP contribution in [0.15, 0.2) is 0 Å². The first-order chi connectivity index (χ1) is 6.33. The van der Waals surface area contributed by atoms with Crippen LogP contribution in [0.2, 0.25) is 0 Å². The fourth-order valence-electron chi connectivity index (χ4n) is 1.59. The third-order valence-electron chi connectivity index (χ3n) is 2.29. The molecular formula is C10H20O3. The van der Waals surface area contributed by atoms with Crippen LogP contribution in [0.1, 0.15) is 32.6 Å². The molecule has 13 heavy (non-hydrogen) atoms. The fraction of sp³-hybridized carbons (Fsp3) is 1.00. The molecule has 1 rings (SSSR count). The summed E-state index contributed by atoms with van der Waals surface area (Å²) >= 11 is 0. The normalized spacial score (nSPS) is 28.2. The Bertz CT molecular complexity index is 127. The Kier molecular flexibility index (Phi) is 5.35. The molecule has 1 aliphatic rings. The molecule has 1 fully saturated rings. The maximum absolute atomic E-state index is 9.23. The summed E-state index contributed by atoms with van der Waals surface area (Å²) in [4.78, 5) is 0. The number of hydrogen-bond donors (Lipinski definition) is 1.